The summed E-state index contributed by atoms with van der Waals surface area (Å²) in [5.41, 5.74) is 0.972. The van der Waals surface area contributed by atoms with Crippen molar-refractivity contribution >= 4 is 17.5 Å². The van der Waals surface area contributed by atoms with Crippen LogP contribution in [-0.4, -0.2) is 37.0 Å². The van der Waals surface area contributed by atoms with Crippen LogP contribution in [0.3, 0.4) is 0 Å². The Kier molecular flexibility index (Phi) is 7.49. The van der Waals surface area contributed by atoms with Crippen LogP contribution in [-0.2, 0) is 4.79 Å². The molecule has 5 nitrogen and oxygen atoms in total. The summed E-state index contributed by atoms with van der Waals surface area (Å²) >= 11 is 0. The number of rotatable bonds is 8. The van der Waals surface area contributed by atoms with E-state index in [4.69, 9.17) is 0 Å². The Balaban J connectivity index is 2.12. The van der Waals surface area contributed by atoms with Crippen LogP contribution in [0.1, 0.15) is 69.7 Å². The number of carbonyl (C=O) groups excluding carboxylic acids is 2. The van der Waals surface area contributed by atoms with Crippen molar-refractivity contribution in [2.45, 2.75) is 64.8 Å². The van der Waals surface area contributed by atoms with Crippen LogP contribution in [0.15, 0.2) is 24.3 Å². The van der Waals surface area contributed by atoms with E-state index in [1.165, 1.54) is 0 Å². The second kappa shape index (κ2) is 9.60. The maximum absolute atomic E-state index is 12.8. The number of amides is 2. The topological polar surface area (TPSA) is 61.4 Å². The van der Waals surface area contributed by atoms with Gasteiger partial charge < -0.3 is 15.5 Å². The molecule has 1 aromatic rings. The second-order valence-electron chi connectivity index (χ2n) is 7.08. The molecular formula is C21H33N3O2. The molecule has 1 aromatic carbocycles. The van der Waals surface area contributed by atoms with Crippen LogP contribution in [0.4, 0.5) is 5.69 Å². The first-order chi connectivity index (χ1) is 12.6. The molecule has 2 rings (SSSR count). The lowest BCUT2D eigenvalue weighted by Crippen LogP contribution is -2.59. The minimum atomic E-state index is -0.762. The Morgan fingerprint density at radius 1 is 1.04 bits per heavy atom. The van der Waals surface area contributed by atoms with Crippen molar-refractivity contribution in [2.75, 3.05) is 24.5 Å². The minimum absolute atomic E-state index is 0.0511. The minimum Gasteiger partial charge on any atom is -0.372 e. The van der Waals surface area contributed by atoms with Crippen LogP contribution in [0.2, 0.25) is 0 Å². The lowest BCUT2D eigenvalue weighted by atomic mass is 9.80. The van der Waals surface area contributed by atoms with Crippen molar-refractivity contribution in [2.24, 2.45) is 0 Å². The van der Waals surface area contributed by atoms with Crippen molar-refractivity contribution < 1.29 is 9.59 Å². The molecule has 5 heteroatoms. The normalized spacial score (nSPS) is 16.0. The SMILES string of the molecule is CCCN(CC)c1ccc(C(=O)NC2(C(=O)NCC)CCCCC2)cc1. The van der Waals surface area contributed by atoms with Gasteiger partial charge >= 0.3 is 0 Å². The summed E-state index contributed by atoms with van der Waals surface area (Å²) in [4.78, 5) is 27.7. The van der Waals surface area contributed by atoms with Gasteiger partial charge in [0.2, 0.25) is 5.91 Å². The fourth-order valence-electron chi connectivity index (χ4n) is 3.75. The van der Waals surface area contributed by atoms with Gasteiger partial charge in [0, 0.05) is 30.9 Å². The Morgan fingerprint density at radius 3 is 2.23 bits per heavy atom. The fourth-order valence-corrected chi connectivity index (χ4v) is 3.75. The second-order valence-corrected chi connectivity index (χ2v) is 7.08. The van der Waals surface area contributed by atoms with Gasteiger partial charge in [-0.2, -0.15) is 0 Å². The zero-order chi connectivity index (χ0) is 19.0. The average Bonchev–Trinajstić information content (AvgIpc) is 2.67. The van der Waals surface area contributed by atoms with Crippen LogP contribution >= 0.6 is 0 Å². The molecule has 26 heavy (non-hydrogen) atoms. The van der Waals surface area contributed by atoms with Crippen LogP contribution in [0.25, 0.3) is 0 Å². The molecule has 0 spiro atoms. The van der Waals surface area contributed by atoms with Gasteiger partial charge in [-0.05, 0) is 57.4 Å². The summed E-state index contributed by atoms with van der Waals surface area (Å²) in [7, 11) is 0. The molecule has 1 aliphatic rings. The van der Waals surface area contributed by atoms with Gasteiger partial charge in [-0.15, -0.1) is 0 Å². The zero-order valence-corrected chi connectivity index (χ0v) is 16.4. The van der Waals surface area contributed by atoms with Crippen molar-refractivity contribution in [1.29, 1.82) is 0 Å². The van der Waals surface area contributed by atoms with Crippen molar-refractivity contribution in [3.63, 3.8) is 0 Å². The Hall–Kier alpha value is -2.04. The lowest BCUT2D eigenvalue weighted by molar-refractivity contribution is -0.128. The summed E-state index contributed by atoms with van der Waals surface area (Å²) < 4.78 is 0. The Bertz CT molecular complexity index is 592. The van der Waals surface area contributed by atoms with Crippen molar-refractivity contribution in [3.8, 4) is 0 Å². The maximum Gasteiger partial charge on any atom is 0.252 e. The van der Waals surface area contributed by atoms with E-state index >= 15 is 0 Å². The monoisotopic (exact) mass is 359 g/mol. The number of benzene rings is 1. The highest BCUT2D eigenvalue weighted by Gasteiger charge is 2.40. The number of likely N-dealkylation sites (N-methyl/N-ethyl adjacent to an activating group) is 1. The molecule has 0 heterocycles. The highest BCUT2D eigenvalue weighted by Crippen LogP contribution is 2.29. The van der Waals surface area contributed by atoms with Crippen LogP contribution in [0, 0.1) is 0 Å². The number of nitrogens with one attached hydrogen (secondary N) is 2. The largest absolute Gasteiger partial charge is 0.372 e. The van der Waals surface area contributed by atoms with E-state index in [0.717, 1.165) is 44.5 Å². The van der Waals surface area contributed by atoms with E-state index in [-0.39, 0.29) is 11.8 Å². The molecule has 0 atom stereocenters. The summed E-state index contributed by atoms with van der Waals surface area (Å²) in [6.45, 7) is 8.73. The van der Waals surface area contributed by atoms with E-state index in [0.29, 0.717) is 24.9 Å². The van der Waals surface area contributed by atoms with Crippen molar-refractivity contribution in [3.05, 3.63) is 29.8 Å². The molecule has 1 saturated carbocycles. The molecule has 2 amide bonds. The number of hydrogen-bond acceptors (Lipinski definition) is 3. The molecular weight excluding hydrogens is 326 g/mol. The first kappa shape index (κ1) is 20.3. The fraction of sp³-hybridized carbons (Fsp3) is 0.619. The van der Waals surface area contributed by atoms with E-state index in [1.807, 2.05) is 31.2 Å². The van der Waals surface area contributed by atoms with Gasteiger partial charge in [0.05, 0.1) is 0 Å². The van der Waals surface area contributed by atoms with Gasteiger partial charge in [-0.1, -0.05) is 26.2 Å². The average molecular weight is 360 g/mol. The van der Waals surface area contributed by atoms with E-state index in [2.05, 4.69) is 29.4 Å². The molecule has 2 N–H and O–H groups in total. The molecule has 0 saturated heterocycles. The first-order valence-corrected chi connectivity index (χ1v) is 10.0. The molecule has 0 aliphatic heterocycles. The molecule has 1 fully saturated rings. The molecule has 0 bridgehead atoms. The molecule has 1 aliphatic carbocycles. The third kappa shape index (κ3) is 4.77. The van der Waals surface area contributed by atoms with E-state index < -0.39 is 5.54 Å². The quantitative estimate of drug-likeness (QED) is 0.747. The summed E-state index contributed by atoms with van der Waals surface area (Å²) in [6, 6.07) is 7.70. The van der Waals surface area contributed by atoms with Gasteiger partial charge in [0.25, 0.3) is 5.91 Å². The first-order valence-electron chi connectivity index (χ1n) is 10.0. The van der Waals surface area contributed by atoms with Gasteiger partial charge in [0.1, 0.15) is 5.54 Å². The summed E-state index contributed by atoms with van der Waals surface area (Å²) in [6.07, 6.45) is 5.57. The number of nitrogens with zero attached hydrogens (tertiary/aromatic N) is 1. The molecule has 0 radical (unpaired) electrons. The third-order valence-electron chi connectivity index (χ3n) is 5.20. The summed E-state index contributed by atoms with van der Waals surface area (Å²) in [5, 5.41) is 5.95. The molecule has 0 aromatic heterocycles. The highest BCUT2D eigenvalue weighted by atomic mass is 16.2. The van der Waals surface area contributed by atoms with Crippen LogP contribution < -0.4 is 15.5 Å². The van der Waals surface area contributed by atoms with E-state index in [1.54, 1.807) is 0 Å². The highest BCUT2D eigenvalue weighted by molar-refractivity contribution is 5.99. The number of anilines is 1. The molecule has 144 valence electrons. The standard InChI is InChI=1S/C21H33N3O2/c1-4-16-24(6-3)18-12-10-17(11-13-18)19(25)23-21(20(26)22-5-2)14-8-7-9-15-21/h10-13H,4-9,14-16H2,1-3H3,(H,22,26)(H,23,25). The van der Waals surface area contributed by atoms with Gasteiger partial charge in [-0.25, -0.2) is 0 Å². The number of carbonyl (C=O) groups is 2. The smallest absolute Gasteiger partial charge is 0.252 e. The Labute approximate surface area is 157 Å². The van der Waals surface area contributed by atoms with Gasteiger partial charge in [0.15, 0.2) is 0 Å². The predicted molar refractivity (Wildman–Crippen MR) is 107 cm³/mol. The van der Waals surface area contributed by atoms with Crippen molar-refractivity contribution in [1.82, 2.24) is 10.6 Å². The predicted octanol–water partition coefficient (Wildman–Crippen LogP) is 3.49. The van der Waals surface area contributed by atoms with Gasteiger partial charge in [-0.3, -0.25) is 9.59 Å². The maximum atomic E-state index is 12.8. The number of hydrogen-bond donors (Lipinski definition) is 2. The Morgan fingerprint density at radius 2 is 1.69 bits per heavy atom. The molecule has 0 unspecified atom stereocenters. The zero-order valence-electron chi connectivity index (χ0n) is 16.4. The third-order valence-corrected chi connectivity index (χ3v) is 5.20. The van der Waals surface area contributed by atoms with E-state index in [9.17, 15) is 9.59 Å². The van der Waals surface area contributed by atoms with Crippen LogP contribution in [0.5, 0.6) is 0 Å². The lowest BCUT2D eigenvalue weighted by Gasteiger charge is -2.36. The summed E-state index contributed by atoms with van der Waals surface area (Å²) in [5.74, 6) is -0.215.